The number of rotatable bonds is 3. The highest BCUT2D eigenvalue weighted by Gasteiger charge is 2.50. The third-order valence-corrected chi connectivity index (χ3v) is 6.21. The van der Waals surface area contributed by atoms with Gasteiger partial charge in [-0.05, 0) is 31.1 Å². The van der Waals surface area contributed by atoms with Crippen LogP contribution in [0.1, 0.15) is 19.3 Å². The summed E-state index contributed by atoms with van der Waals surface area (Å²) in [4.78, 5) is 0. The van der Waals surface area contributed by atoms with Crippen LogP contribution in [0.4, 0.5) is 0 Å². The number of hydrogen-bond donors (Lipinski definition) is 2. The molecule has 5 atom stereocenters. The number of nitrogens with one attached hydrogen (secondary N) is 2. The molecule has 92 valence electrons. The Labute approximate surface area is 102 Å². The van der Waals surface area contributed by atoms with Gasteiger partial charge in [0, 0.05) is 38.1 Å². The third kappa shape index (κ3) is 1.90. The maximum Gasteiger partial charge on any atom is 0.0588 e. The number of hydrogen-bond acceptors (Lipinski definition) is 4. The Morgan fingerprint density at radius 3 is 3.19 bits per heavy atom. The van der Waals surface area contributed by atoms with Crippen molar-refractivity contribution in [3.05, 3.63) is 0 Å². The lowest BCUT2D eigenvalue weighted by Gasteiger charge is -2.32. The van der Waals surface area contributed by atoms with E-state index in [0.29, 0.717) is 0 Å². The molecular weight excluding hydrogens is 220 g/mol. The Hall–Kier alpha value is 0.230. The van der Waals surface area contributed by atoms with Crippen molar-refractivity contribution in [3.63, 3.8) is 0 Å². The van der Waals surface area contributed by atoms with E-state index in [1.807, 2.05) is 7.11 Å². The Morgan fingerprint density at radius 2 is 2.31 bits per heavy atom. The van der Waals surface area contributed by atoms with E-state index in [-0.39, 0.29) is 0 Å². The van der Waals surface area contributed by atoms with Crippen LogP contribution in [0.5, 0.6) is 0 Å². The summed E-state index contributed by atoms with van der Waals surface area (Å²) >= 11 is 2.21. The monoisotopic (exact) mass is 242 g/mol. The first-order valence-corrected chi connectivity index (χ1v) is 7.43. The van der Waals surface area contributed by atoms with Gasteiger partial charge < -0.3 is 10.1 Å². The van der Waals surface area contributed by atoms with E-state index in [2.05, 4.69) is 22.4 Å². The van der Waals surface area contributed by atoms with Gasteiger partial charge in [0.25, 0.3) is 0 Å². The maximum atomic E-state index is 5.25. The van der Waals surface area contributed by atoms with Gasteiger partial charge in [-0.1, -0.05) is 0 Å². The fourth-order valence-electron chi connectivity index (χ4n) is 3.80. The SMILES string of the molecule is COCCC1CCC2SC3NCNCC3C12. The van der Waals surface area contributed by atoms with Crippen LogP contribution < -0.4 is 10.6 Å². The summed E-state index contributed by atoms with van der Waals surface area (Å²) in [5, 5.41) is 8.74. The second kappa shape index (κ2) is 4.84. The highest BCUT2D eigenvalue weighted by molar-refractivity contribution is 8.00. The molecule has 1 saturated carbocycles. The first kappa shape index (κ1) is 11.3. The van der Waals surface area contributed by atoms with Crippen molar-refractivity contribution in [2.75, 3.05) is 26.9 Å². The quantitative estimate of drug-likeness (QED) is 0.780. The van der Waals surface area contributed by atoms with Crippen molar-refractivity contribution in [2.24, 2.45) is 17.8 Å². The molecule has 0 amide bonds. The summed E-state index contributed by atoms with van der Waals surface area (Å²) in [5.41, 5.74) is 0. The Kier molecular flexibility index (Phi) is 3.43. The summed E-state index contributed by atoms with van der Waals surface area (Å²) in [7, 11) is 1.82. The van der Waals surface area contributed by atoms with E-state index in [4.69, 9.17) is 4.74 Å². The highest BCUT2D eigenvalue weighted by atomic mass is 32.2. The largest absolute Gasteiger partial charge is 0.385 e. The molecule has 0 radical (unpaired) electrons. The Bertz CT molecular complexity index is 251. The summed E-state index contributed by atoms with van der Waals surface area (Å²) in [6.45, 7) is 3.16. The molecule has 2 N–H and O–H groups in total. The average Bonchev–Trinajstić information content (AvgIpc) is 2.85. The van der Waals surface area contributed by atoms with Crippen LogP contribution in [0.2, 0.25) is 0 Å². The van der Waals surface area contributed by atoms with Crippen molar-refractivity contribution in [1.82, 2.24) is 10.6 Å². The minimum atomic E-state index is 0.724. The zero-order valence-corrected chi connectivity index (χ0v) is 10.8. The molecule has 5 unspecified atom stereocenters. The van der Waals surface area contributed by atoms with Gasteiger partial charge in [0.1, 0.15) is 0 Å². The molecular formula is C12H22N2OS. The summed E-state index contributed by atoms with van der Waals surface area (Å²) in [6, 6.07) is 0. The van der Waals surface area contributed by atoms with Crippen molar-refractivity contribution < 1.29 is 4.74 Å². The van der Waals surface area contributed by atoms with Gasteiger partial charge in [0.05, 0.1) is 5.37 Å². The molecule has 0 aromatic carbocycles. The van der Waals surface area contributed by atoms with Gasteiger partial charge in [-0.15, -0.1) is 11.8 Å². The molecule has 3 rings (SSSR count). The van der Waals surface area contributed by atoms with E-state index in [9.17, 15) is 0 Å². The fraction of sp³-hybridized carbons (Fsp3) is 1.00. The molecule has 0 aromatic rings. The molecule has 0 aromatic heterocycles. The van der Waals surface area contributed by atoms with E-state index < -0.39 is 0 Å². The Balaban J connectivity index is 1.67. The van der Waals surface area contributed by atoms with E-state index in [1.165, 1.54) is 25.8 Å². The predicted octanol–water partition coefficient (Wildman–Crippen LogP) is 1.26. The summed E-state index contributed by atoms with van der Waals surface area (Å²) in [6.07, 6.45) is 4.12. The van der Waals surface area contributed by atoms with Gasteiger partial charge in [0.2, 0.25) is 0 Å². The molecule has 3 fully saturated rings. The van der Waals surface area contributed by atoms with Crippen molar-refractivity contribution >= 4 is 11.8 Å². The second-order valence-electron chi connectivity index (χ2n) is 5.29. The molecule has 2 saturated heterocycles. The van der Waals surface area contributed by atoms with Crippen molar-refractivity contribution in [2.45, 2.75) is 29.9 Å². The molecule has 2 heterocycles. The van der Waals surface area contributed by atoms with Crippen LogP contribution in [0.3, 0.4) is 0 Å². The molecule has 3 nitrogen and oxygen atoms in total. The van der Waals surface area contributed by atoms with Crippen molar-refractivity contribution in [1.29, 1.82) is 0 Å². The molecule has 1 aliphatic carbocycles. The molecule has 0 bridgehead atoms. The molecule has 16 heavy (non-hydrogen) atoms. The van der Waals surface area contributed by atoms with Gasteiger partial charge in [-0.25, -0.2) is 0 Å². The van der Waals surface area contributed by atoms with Gasteiger partial charge >= 0.3 is 0 Å². The van der Waals surface area contributed by atoms with Crippen LogP contribution in [0.25, 0.3) is 0 Å². The lowest BCUT2D eigenvalue weighted by atomic mass is 9.81. The minimum absolute atomic E-state index is 0.724. The highest BCUT2D eigenvalue weighted by Crippen LogP contribution is 2.54. The van der Waals surface area contributed by atoms with Gasteiger partial charge in [-0.2, -0.15) is 0 Å². The van der Waals surface area contributed by atoms with E-state index in [0.717, 1.165) is 41.7 Å². The van der Waals surface area contributed by atoms with Crippen LogP contribution in [0.15, 0.2) is 0 Å². The lowest BCUT2D eigenvalue weighted by Crippen LogP contribution is -2.50. The van der Waals surface area contributed by atoms with Crippen LogP contribution in [-0.4, -0.2) is 37.6 Å². The molecule has 0 spiro atoms. The topological polar surface area (TPSA) is 33.3 Å². The maximum absolute atomic E-state index is 5.25. The average molecular weight is 242 g/mol. The number of fused-ring (bicyclic) bond motifs is 3. The first-order chi connectivity index (χ1) is 7.90. The molecule has 2 aliphatic heterocycles. The smallest absolute Gasteiger partial charge is 0.0588 e. The van der Waals surface area contributed by atoms with E-state index in [1.54, 1.807) is 0 Å². The van der Waals surface area contributed by atoms with Crippen LogP contribution in [-0.2, 0) is 4.74 Å². The van der Waals surface area contributed by atoms with Crippen molar-refractivity contribution in [3.8, 4) is 0 Å². The number of thioether (sulfide) groups is 1. The predicted molar refractivity (Wildman–Crippen MR) is 67.4 cm³/mol. The standard InChI is InChI=1S/C12H22N2OS/c1-15-5-4-8-2-3-10-11(8)9-6-13-7-14-12(9)16-10/h8-14H,2-7H2,1H3. The normalized spacial score (nSPS) is 46.7. The molecule has 4 heteroatoms. The zero-order valence-electron chi connectivity index (χ0n) is 9.95. The first-order valence-electron chi connectivity index (χ1n) is 6.48. The molecule has 3 aliphatic rings. The second-order valence-corrected chi connectivity index (χ2v) is 6.68. The fourth-order valence-corrected chi connectivity index (χ4v) is 5.72. The number of methoxy groups -OCH3 is 1. The van der Waals surface area contributed by atoms with Crippen LogP contribution >= 0.6 is 11.8 Å². The van der Waals surface area contributed by atoms with E-state index >= 15 is 0 Å². The van der Waals surface area contributed by atoms with Gasteiger partial charge in [0.15, 0.2) is 0 Å². The number of ether oxygens (including phenoxy) is 1. The minimum Gasteiger partial charge on any atom is -0.385 e. The third-order valence-electron chi connectivity index (χ3n) is 4.50. The summed E-state index contributed by atoms with van der Waals surface area (Å²) < 4.78 is 5.25. The Morgan fingerprint density at radius 1 is 1.38 bits per heavy atom. The van der Waals surface area contributed by atoms with Gasteiger partial charge in [-0.3, -0.25) is 5.32 Å². The zero-order chi connectivity index (χ0) is 11.0. The lowest BCUT2D eigenvalue weighted by molar-refractivity contribution is 0.148. The summed E-state index contributed by atoms with van der Waals surface area (Å²) in [5.74, 6) is 2.70. The van der Waals surface area contributed by atoms with Crippen LogP contribution in [0, 0.1) is 17.8 Å².